The molecule has 0 fully saturated rings. The number of carbonyl (C=O) groups is 2. The van der Waals surface area contributed by atoms with Gasteiger partial charge in [0, 0.05) is 10.7 Å². The molecule has 0 bridgehead atoms. The first-order chi connectivity index (χ1) is 14.9. The molecular formula is C22H18ClN3O4S. The van der Waals surface area contributed by atoms with E-state index in [1.165, 1.54) is 18.2 Å². The summed E-state index contributed by atoms with van der Waals surface area (Å²) in [7, 11) is -4.19. The molecule has 0 aliphatic carbocycles. The second-order valence-electron chi connectivity index (χ2n) is 6.90. The van der Waals surface area contributed by atoms with Crippen molar-refractivity contribution < 1.29 is 18.0 Å². The summed E-state index contributed by atoms with van der Waals surface area (Å²) in [4.78, 5) is 25.5. The number of para-hydroxylation sites is 3. The van der Waals surface area contributed by atoms with Gasteiger partial charge in [0.05, 0.1) is 22.7 Å². The molecule has 0 saturated carbocycles. The first-order valence-corrected chi connectivity index (χ1v) is 11.2. The summed E-state index contributed by atoms with van der Waals surface area (Å²) < 4.78 is 28.1. The molecule has 1 aliphatic heterocycles. The summed E-state index contributed by atoms with van der Waals surface area (Å²) >= 11 is 6.00. The van der Waals surface area contributed by atoms with E-state index in [4.69, 9.17) is 11.6 Å². The van der Waals surface area contributed by atoms with Crippen LogP contribution < -0.4 is 14.9 Å². The summed E-state index contributed by atoms with van der Waals surface area (Å²) in [5.41, 5.74) is 1.17. The maximum Gasteiger partial charge on any atom is 0.265 e. The van der Waals surface area contributed by atoms with Gasteiger partial charge in [-0.05, 0) is 42.5 Å². The number of nitrogens with one attached hydrogen (secondary N) is 2. The molecule has 9 heteroatoms. The van der Waals surface area contributed by atoms with Gasteiger partial charge in [-0.1, -0.05) is 48.0 Å². The molecule has 1 aliphatic rings. The third kappa shape index (κ3) is 4.26. The zero-order chi connectivity index (χ0) is 22.0. The Balaban J connectivity index is 1.74. The topological polar surface area (TPSA) is 95.6 Å². The minimum absolute atomic E-state index is 0.0713. The molecule has 31 heavy (non-hydrogen) atoms. The van der Waals surface area contributed by atoms with Crippen molar-refractivity contribution in [3.8, 4) is 0 Å². The fraction of sp³-hybridized carbons (Fsp3) is 0.0909. The summed E-state index contributed by atoms with van der Waals surface area (Å²) in [6, 6.07) is 19.8. The lowest BCUT2D eigenvalue weighted by atomic mass is 10.1. The highest BCUT2D eigenvalue weighted by Crippen LogP contribution is 2.37. The average molecular weight is 456 g/mol. The number of rotatable bonds is 5. The van der Waals surface area contributed by atoms with E-state index in [1.807, 2.05) is 0 Å². The molecule has 1 heterocycles. The Kier molecular flexibility index (Phi) is 5.67. The molecule has 0 spiro atoms. The second kappa shape index (κ2) is 8.41. The number of sulfonamides is 1. The predicted molar refractivity (Wildman–Crippen MR) is 120 cm³/mol. The molecule has 158 valence electrons. The van der Waals surface area contributed by atoms with Gasteiger partial charge in [0.1, 0.15) is 6.04 Å². The highest BCUT2D eigenvalue weighted by atomic mass is 35.5. The summed E-state index contributed by atoms with van der Waals surface area (Å²) in [6.07, 6.45) is -0.366. The fourth-order valence-corrected chi connectivity index (χ4v) is 5.32. The number of carbonyl (C=O) groups excluding carboxylic acids is 2. The monoisotopic (exact) mass is 455 g/mol. The van der Waals surface area contributed by atoms with E-state index in [1.54, 1.807) is 60.7 Å². The third-order valence-corrected chi connectivity index (χ3v) is 6.83. The van der Waals surface area contributed by atoms with E-state index in [2.05, 4.69) is 10.6 Å². The largest absolute Gasteiger partial charge is 0.326 e. The van der Waals surface area contributed by atoms with Crippen LogP contribution in [0.1, 0.15) is 6.42 Å². The Morgan fingerprint density at radius 3 is 2.45 bits per heavy atom. The molecule has 0 saturated heterocycles. The lowest BCUT2D eigenvalue weighted by Gasteiger charge is -2.36. The van der Waals surface area contributed by atoms with Gasteiger partial charge in [-0.2, -0.15) is 0 Å². The highest BCUT2D eigenvalue weighted by Gasteiger charge is 2.42. The van der Waals surface area contributed by atoms with Crippen LogP contribution in [0.3, 0.4) is 0 Å². The van der Waals surface area contributed by atoms with Crippen molar-refractivity contribution >= 4 is 50.5 Å². The Labute approximate surface area is 184 Å². The second-order valence-corrected chi connectivity index (χ2v) is 9.15. The van der Waals surface area contributed by atoms with Crippen molar-refractivity contribution in [2.75, 3.05) is 14.9 Å². The van der Waals surface area contributed by atoms with Gasteiger partial charge >= 0.3 is 0 Å². The predicted octanol–water partition coefficient (Wildman–Crippen LogP) is 3.88. The molecule has 0 unspecified atom stereocenters. The molecule has 0 radical (unpaired) electrons. The Bertz CT molecular complexity index is 1250. The fourth-order valence-electron chi connectivity index (χ4n) is 3.38. The van der Waals surface area contributed by atoms with E-state index < -0.39 is 27.9 Å². The molecule has 3 aromatic carbocycles. The van der Waals surface area contributed by atoms with Gasteiger partial charge in [-0.25, -0.2) is 8.42 Å². The lowest BCUT2D eigenvalue weighted by Crippen LogP contribution is -2.52. The van der Waals surface area contributed by atoms with Crippen LogP contribution in [-0.2, 0) is 19.6 Å². The molecular weight excluding hydrogens is 438 g/mol. The number of anilines is 3. The van der Waals surface area contributed by atoms with Crippen LogP contribution in [0.25, 0.3) is 0 Å². The number of fused-ring (bicyclic) bond motifs is 1. The first-order valence-electron chi connectivity index (χ1n) is 9.41. The van der Waals surface area contributed by atoms with Crippen LogP contribution in [0.15, 0.2) is 83.8 Å². The first kappa shape index (κ1) is 20.9. The molecule has 2 amide bonds. The minimum atomic E-state index is -4.19. The average Bonchev–Trinajstić information content (AvgIpc) is 2.74. The lowest BCUT2D eigenvalue weighted by molar-refractivity contribution is -0.122. The standard InChI is InChI=1S/C22H18ClN3O4S/c23-15-7-6-10-17(13-15)31(29,30)26-19-12-5-4-11-18(19)25-22(28)20(26)14-21(27)24-16-8-2-1-3-9-16/h1-13,20H,14H2,(H,24,27)(H,25,28)/t20-/m1/s1. The van der Waals surface area contributed by atoms with Crippen LogP contribution >= 0.6 is 11.6 Å². The molecule has 4 rings (SSSR count). The molecule has 3 aromatic rings. The maximum absolute atomic E-state index is 13.6. The van der Waals surface area contributed by atoms with Crippen molar-refractivity contribution in [2.24, 2.45) is 0 Å². The molecule has 0 aromatic heterocycles. The minimum Gasteiger partial charge on any atom is -0.326 e. The number of amides is 2. The van der Waals surface area contributed by atoms with E-state index >= 15 is 0 Å². The van der Waals surface area contributed by atoms with Crippen LogP contribution in [-0.4, -0.2) is 26.3 Å². The number of hydrogen-bond acceptors (Lipinski definition) is 4. The quantitative estimate of drug-likeness (QED) is 0.610. The molecule has 2 N–H and O–H groups in total. The number of halogens is 1. The summed E-state index contributed by atoms with van der Waals surface area (Å²) in [5, 5.41) is 5.63. The summed E-state index contributed by atoms with van der Waals surface area (Å²) in [6.45, 7) is 0. The van der Waals surface area contributed by atoms with Gasteiger partial charge < -0.3 is 10.6 Å². The van der Waals surface area contributed by atoms with Gasteiger partial charge in [0.15, 0.2) is 0 Å². The van der Waals surface area contributed by atoms with Crippen molar-refractivity contribution in [3.63, 3.8) is 0 Å². The van der Waals surface area contributed by atoms with Gasteiger partial charge in [0.2, 0.25) is 11.8 Å². The van der Waals surface area contributed by atoms with Gasteiger partial charge in [-0.15, -0.1) is 0 Å². The van der Waals surface area contributed by atoms with E-state index in [0.717, 1.165) is 4.31 Å². The Morgan fingerprint density at radius 1 is 1.00 bits per heavy atom. The van der Waals surface area contributed by atoms with E-state index in [-0.39, 0.29) is 22.0 Å². The maximum atomic E-state index is 13.6. The Hall–Kier alpha value is -3.36. The van der Waals surface area contributed by atoms with Crippen molar-refractivity contribution in [1.82, 2.24) is 0 Å². The van der Waals surface area contributed by atoms with E-state index in [0.29, 0.717) is 11.4 Å². The number of benzene rings is 3. The smallest absolute Gasteiger partial charge is 0.265 e. The van der Waals surface area contributed by atoms with Crippen LogP contribution in [0.5, 0.6) is 0 Å². The number of hydrogen-bond donors (Lipinski definition) is 2. The SMILES string of the molecule is O=C(C[C@@H]1C(=O)Nc2ccccc2N1S(=O)(=O)c1cccc(Cl)c1)Nc1ccccc1. The molecule has 1 atom stereocenters. The van der Waals surface area contributed by atoms with Gasteiger partial charge in [-0.3, -0.25) is 13.9 Å². The van der Waals surface area contributed by atoms with Gasteiger partial charge in [0.25, 0.3) is 10.0 Å². The van der Waals surface area contributed by atoms with Crippen LogP contribution in [0, 0.1) is 0 Å². The van der Waals surface area contributed by atoms with Crippen molar-refractivity contribution in [2.45, 2.75) is 17.4 Å². The van der Waals surface area contributed by atoms with Crippen molar-refractivity contribution in [3.05, 3.63) is 83.9 Å². The normalized spacial score (nSPS) is 15.7. The highest BCUT2D eigenvalue weighted by molar-refractivity contribution is 7.93. The van der Waals surface area contributed by atoms with Crippen LogP contribution in [0.4, 0.5) is 17.1 Å². The van der Waals surface area contributed by atoms with E-state index in [9.17, 15) is 18.0 Å². The summed E-state index contributed by atoms with van der Waals surface area (Å²) in [5.74, 6) is -1.08. The van der Waals surface area contributed by atoms with Crippen molar-refractivity contribution in [1.29, 1.82) is 0 Å². The Morgan fingerprint density at radius 2 is 1.71 bits per heavy atom. The van der Waals surface area contributed by atoms with Crippen LogP contribution in [0.2, 0.25) is 5.02 Å². The zero-order valence-corrected chi connectivity index (χ0v) is 17.7. The third-order valence-electron chi connectivity index (χ3n) is 4.77. The number of nitrogens with zero attached hydrogens (tertiary/aromatic N) is 1. The molecule has 7 nitrogen and oxygen atoms in total. The zero-order valence-electron chi connectivity index (χ0n) is 16.2.